The Morgan fingerprint density at radius 1 is 0.766 bits per heavy atom. The predicted octanol–water partition coefficient (Wildman–Crippen LogP) is 13.5. The van der Waals surface area contributed by atoms with Gasteiger partial charge in [-0.1, -0.05) is 101 Å². The van der Waals surface area contributed by atoms with E-state index < -0.39 is 5.60 Å². The van der Waals surface area contributed by atoms with E-state index in [0.29, 0.717) is 17.5 Å². The first-order valence-electron chi connectivity index (χ1n) is 23.0. The first kappa shape index (κ1) is 49.2. The van der Waals surface area contributed by atoms with E-state index in [9.17, 15) is 5.11 Å². The molecule has 336 valence electrons. The Bertz CT molecular complexity index is 2470. The van der Waals surface area contributed by atoms with Crippen LogP contribution in [0.5, 0.6) is 0 Å². The van der Waals surface area contributed by atoms with Gasteiger partial charge in [-0.05, 0) is 153 Å². The summed E-state index contributed by atoms with van der Waals surface area (Å²) >= 11 is 0. The van der Waals surface area contributed by atoms with Crippen molar-refractivity contribution >= 4 is 28.3 Å². The number of pyridine rings is 1. The monoisotopic (exact) mass is 857 g/mol. The van der Waals surface area contributed by atoms with Crippen LogP contribution in [0.4, 0.5) is 22.7 Å². The number of nitrogens with zero attached hydrogens (tertiary/aromatic N) is 4. The molecule has 0 saturated carbocycles. The first-order chi connectivity index (χ1) is 30.5. The quantitative estimate of drug-likeness (QED) is 0.114. The third kappa shape index (κ3) is 13.9. The Balaban J connectivity index is 0.000000232. The van der Waals surface area contributed by atoms with E-state index in [1.165, 1.54) is 50.2 Å². The molecule has 2 aliphatic heterocycles. The number of aliphatic hydroxyl groups is 1. The molecule has 7 nitrogen and oxygen atoms in total. The molecular formula is C57H72N6O. The van der Waals surface area contributed by atoms with Crippen LogP contribution >= 0.6 is 0 Å². The molecule has 0 unspecified atom stereocenters. The summed E-state index contributed by atoms with van der Waals surface area (Å²) in [4.78, 5) is 9.36. The maximum atomic E-state index is 10.2. The lowest BCUT2D eigenvalue weighted by Gasteiger charge is -2.34. The number of hydrogen-bond acceptors (Lipinski definition) is 7. The number of aryl methyl sites for hydroxylation is 2. The molecule has 0 fully saturated rings. The molecule has 5 aromatic rings. The summed E-state index contributed by atoms with van der Waals surface area (Å²) < 4.78 is 0. The van der Waals surface area contributed by atoms with Crippen LogP contribution in [0.2, 0.25) is 0 Å². The number of nitriles is 1. The summed E-state index contributed by atoms with van der Waals surface area (Å²) in [5, 5.41) is 26.5. The highest BCUT2D eigenvalue weighted by molar-refractivity contribution is 5.75. The van der Waals surface area contributed by atoms with E-state index in [-0.39, 0.29) is 0 Å². The van der Waals surface area contributed by atoms with Crippen molar-refractivity contribution in [2.75, 3.05) is 36.8 Å². The van der Waals surface area contributed by atoms with Crippen molar-refractivity contribution in [3.8, 4) is 17.3 Å². The highest BCUT2D eigenvalue weighted by Gasteiger charge is 2.25. The molecule has 64 heavy (non-hydrogen) atoms. The summed E-state index contributed by atoms with van der Waals surface area (Å²) in [6.45, 7) is 32.8. The minimum Gasteiger partial charge on any atom is -0.389 e. The fourth-order valence-corrected chi connectivity index (χ4v) is 8.50. The Morgan fingerprint density at radius 2 is 1.33 bits per heavy atom. The lowest BCUT2D eigenvalue weighted by atomic mass is 9.92. The van der Waals surface area contributed by atoms with E-state index in [1.807, 2.05) is 39.8 Å². The SMILES string of the molecule is C=C/C(C)=C\C=C(/C)c1cc(Nc2cccc3c2CCN(CC(C)(C)C)C3)ccc1C.CC.Cc1ccc(Nc2cccc3c2CCN(CC(C)(C)O)C3)cc1-c1ccc(C#N)cn1. The molecule has 3 heterocycles. The van der Waals surface area contributed by atoms with Gasteiger partial charge in [0.15, 0.2) is 0 Å². The van der Waals surface area contributed by atoms with Crippen LogP contribution in [0.25, 0.3) is 16.8 Å². The van der Waals surface area contributed by atoms with Crippen molar-refractivity contribution in [2.24, 2.45) is 5.41 Å². The van der Waals surface area contributed by atoms with Crippen LogP contribution in [-0.4, -0.2) is 51.7 Å². The molecule has 2 aliphatic rings. The number of fused-ring (bicyclic) bond motifs is 2. The average molecular weight is 857 g/mol. The van der Waals surface area contributed by atoms with E-state index in [0.717, 1.165) is 79.4 Å². The van der Waals surface area contributed by atoms with Gasteiger partial charge in [0.25, 0.3) is 0 Å². The summed E-state index contributed by atoms with van der Waals surface area (Å²) in [5.41, 5.74) is 18.3. The summed E-state index contributed by atoms with van der Waals surface area (Å²) in [6.07, 6.45) is 9.84. The molecule has 0 aliphatic carbocycles. The average Bonchev–Trinajstić information content (AvgIpc) is 3.26. The number of nitrogens with one attached hydrogen (secondary N) is 2. The molecule has 0 saturated heterocycles. The molecule has 3 N–H and O–H groups in total. The topological polar surface area (TPSA) is 87.5 Å². The standard InChI is InChI=1S/C29H38N2.C26H28N4O.C2H6/c1-8-21(2)12-13-22(3)27-18-25(15-14-23(27)4)30-28-11-9-10-24-19-31(17-16-26(24)28)20-29(5,6)7;1-18-7-9-21(13-23(18)24-10-8-19(14-27)15-28-24)29-25-6-4-5-20-16-30(12-11-22(20)25)17-26(2,3)31;1-2/h8-15,18,30H,1,16-17,19-20H2,2-7H3;4-10,13,15,29,31H,11-12,16-17H2,1-3H3;1-2H3/b21-12-,22-13+;;. The lowest BCUT2D eigenvalue weighted by molar-refractivity contribution is 0.0318. The Labute approximate surface area is 385 Å². The number of rotatable bonds is 11. The van der Waals surface area contributed by atoms with Crippen LogP contribution in [0.1, 0.15) is 107 Å². The zero-order chi connectivity index (χ0) is 46.6. The van der Waals surface area contributed by atoms with Gasteiger partial charge in [-0.2, -0.15) is 5.26 Å². The van der Waals surface area contributed by atoms with Gasteiger partial charge >= 0.3 is 0 Å². The largest absolute Gasteiger partial charge is 0.389 e. The van der Waals surface area contributed by atoms with Crippen molar-refractivity contribution in [3.63, 3.8) is 0 Å². The molecule has 0 bridgehead atoms. The maximum Gasteiger partial charge on any atom is 0.101 e. The Kier molecular flexibility index (Phi) is 17.1. The van der Waals surface area contributed by atoms with Crippen molar-refractivity contribution in [1.82, 2.24) is 14.8 Å². The third-order valence-corrected chi connectivity index (χ3v) is 11.5. The lowest BCUT2D eigenvalue weighted by Crippen LogP contribution is -2.41. The minimum absolute atomic E-state index is 0.330. The summed E-state index contributed by atoms with van der Waals surface area (Å²) in [6, 6.07) is 31.9. The van der Waals surface area contributed by atoms with Crippen molar-refractivity contribution in [3.05, 3.63) is 166 Å². The van der Waals surface area contributed by atoms with Gasteiger partial charge in [0, 0.05) is 73.8 Å². The van der Waals surface area contributed by atoms with Crippen molar-refractivity contribution < 1.29 is 5.11 Å². The fraction of sp³-hybridized carbons (Fsp3) is 0.368. The van der Waals surface area contributed by atoms with Gasteiger partial charge in [-0.25, -0.2) is 0 Å². The number of benzene rings is 4. The highest BCUT2D eigenvalue weighted by Crippen LogP contribution is 2.34. The van der Waals surface area contributed by atoms with Crippen LogP contribution < -0.4 is 10.6 Å². The number of allylic oxidation sites excluding steroid dienone is 5. The zero-order valence-corrected chi connectivity index (χ0v) is 40.5. The predicted molar refractivity (Wildman–Crippen MR) is 272 cm³/mol. The van der Waals surface area contributed by atoms with Crippen LogP contribution in [-0.2, 0) is 25.9 Å². The molecule has 1 aromatic heterocycles. The first-order valence-corrected chi connectivity index (χ1v) is 23.0. The normalized spacial score (nSPS) is 14.4. The Hall–Kier alpha value is -5.78. The minimum atomic E-state index is -0.689. The van der Waals surface area contributed by atoms with Crippen LogP contribution in [0.15, 0.2) is 122 Å². The van der Waals surface area contributed by atoms with Crippen molar-refractivity contribution in [1.29, 1.82) is 5.26 Å². The Morgan fingerprint density at radius 3 is 1.84 bits per heavy atom. The molecule has 0 atom stereocenters. The van der Waals surface area contributed by atoms with E-state index in [4.69, 9.17) is 5.26 Å². The molecule has 7 rings (SSSR count). The van der Waals surface area contributed by atoms with Crippen LogP contribution in [0, 0.1) is 30.6 Å². The van der Waals surface area contributed by atoms with Gasteiger partial charge < -0.3 is 15.7 Å². The number of β-amino-alcohol motifs (C(OH)–C–C–N with tert-alkyl or cyclic N) is 1. The number of aromatic nitrogens is 1. The van der Waals surface area contributed by atoms with Gasteiger partial charge in [0.1, 0.15) is 6.07 Å². The molecule has 0 radical (unpaired) electrons. The third-order valence-electron chi connectivity index (χ3n) is 11.5. The second kappa shape index (κ2) is 22.2. The molecule has 4 aromatic carbocycles. The van der Waals surface area contributed by atoms with Crippen LogP contribution in [0.3, 0.4) is 0 Å². The summed E-state index contributed by atoms with van der Waals surface area (Å²) in [5.74, 6) is 0. The molecular weight excluding hydrogens is 785 g/mol. The zero-order valence-electron chi connectivity index (χ0n) is 40.5. The van der Waals surface area contributed by atoms with E-state index in [1.54, 1.807) is 12.3 Å². The van der Waals surface area contributed by atoms with Gasteiger partial charge in [-0.3, -0.25) is 14.8 Å². The van der Waals surface area contributed by atoms with Gasteiger partial charge in [0.05, 0.1) is 16.9 Å². The molecule has 0 spiro atoms. The smallest absolute Gasteiger partial charge is 0.101 e. The van der Waals surface area contributed by atoms with Gasteiger partial charge in [0.2, 0.25) is 0 Å². The van der Waals surface area contributed by atoms with Gasteiger partial charge in [-0.15, -0.1) is 0 Å². The molecule has 0 amide bonds. The summed E-state index contributed by atoms with van der Waals surface area (Å²) in [7, 11) is 0. The second-order valence-electron chi connectivity index (χ2n) is 19.0. The second-order valence-corrected chi connectivity index (χ2v) is 19.0. The molecule has 7 heteroatoms. The fourth-order valence-electron chi connectivity index (χ4n) is 8.50. The van der Waals surface area contributed by atoms with E-state index >= 15 is 0 Å². The maximum absolute atomic E-state index is 10.2. The van der Waals surface area contributed by atoms with Crippen molar-refractivity contribution in [2.45, 2.75) is 108 Å². The number of hydrogen-bond donors (Lipinski definition) is 3. The van der Waals surface area contributed by atoms with E-state index in [2.05, 4.69) is 171 Å². The number of anilines is 4. The highest BCUT2D eigenvalue weighted by atomic mass is 16.3.